The molecular weight excluding hydrogens is 234 g/mol. The van der Waals surface area contributed by atoms with E-state index in [-0.39, 0.29) is 6.04 Å². The van der Waals surface area contributed by atoms with E-state index in [2.05, 4.69) is 72.5 Å². The van der Waals surface area contributed by atoms with Gasteiger partial charge in [0.1, 0.15) is 0 Å². The molecule has 3 nitrogen and oxygen atoms in total. The summed E-state index contributed by atoms with van der Waals surface area (Å²) in [4.78, 5) is 6.65. The molecule has 0 saturated carbocycles. The maximum atomic E-state index is 4.51. The van der Waals surface area contributed by atoms with Gasteiger partial charge in [0.05, 0.1) is 17.6 Å². The summed E-state index contributed by atoms with van der Waals surface area (Å²) < 4.78 is 0. The van der Waals surface area contributed by atoms with E-state index in [0.717, 1.165) is 11.4 Å². The van der Waals surface area contributed by atoms with E-state index in [4.69, 9.17) is 0 Å². The molecule has 0 spiro atoms. The number of aryl methyl sites for hydroxylation is 1. The molecule has 19 heavy (non-hydrogen) atoms. The Labute approximate surface area is 115 Å². The summed E-state index contributed by atoms with van der Waals surface area (Å²) in [6.07, 6.45) is 1.92. The summed E-state index contributed by atoms with van der Waals surface area (Å²) in [5.74, 6) is 0. The molecule has 0 saturated heterocycles. The monoisotopic (exact) mass is 255 g/mol. The van der Waals surface area contributed by atoms with Crippen LogP contribution in [0.15, 0.2) is 42.6 Å². The minimum absolute atomic E-state index is 0.277. The van der Waals surface area contributed by atoms with E-state index in [1.807, 2.05) is 13.2 Å². The van der Waals surface area contributed by atoms with Crippen LogP contribution in [0, 0.1) is 6.92 Å². The first-order valence-electron chi connectivity index (χ1n) is 6.55. The van der Waals surface area contributed by atoms with Gasteiger partial charge in [-0.05, 0) is 45.2 Å². The van der Waals surface area contributed by atoms with Crippen molar-refractivity contribution in [3.8, 4) is 0 Å². The highest BCUT2D eigenvalue weighted by Gasteiger charge is 2.07. The number of benzene rings is 1. The minimum Gasteiger partial charge on any atom is -0.343 e. The van der Waals surface area contributed by atoms with Gasteiger partial charge >= 0.3 is 0 Å². The van der Waals surface area contributed by atoms with Crippen LogP contribution in [0.25, 0.3) is 0 Å². The van der Waals surface area contributed by atoms with Crippen LogP contribution in [0.3, 0.4) is 0 Å². The Bertz CT molecular complexity index is 517. The van der Waals surface area contributed by atoms with Crippen molar-refractivity contribution in [3.05, 3.63) is 53.9 Å². The standard InChI is InChI=1S/C16H21N3/c1-12-5-7-14(8-6-12)19(4)15-9-10-16(18-11-15)13(2)17-3/h5-11,13,17H,1-4H3. The van der Waals surface area contributed by atoms with Crippen LogP contribution in [-0.4, -0.2) is 19.1 Å². The topological polar surface area (TPSA) is 28.2 Å². The molecule has 100 valence electrons. The second kappa shape index (κ2) is 5.85. The normalized spacial score (nSPS) is 12.2. The third-order valence-electron chi connectivity index (χ3n) is 3.46. The van der Waals surface area contributed by atoms with E-state index in [0.29, 0.717) is 0 Å². The fourth-order valence-electron chi connectivity index (χ4n) is 1.92. The van der Waals surface area contributed by atoms with Crippen molar-refractivity contribution in [2.45, 2.75) is 19.9 Å². The Morgan fingerprint density at radius 2 is 1.68 bits per heavy atom. The quantitative estimate of drug-likeness (QED) is 0.907. The number of hydrogen-bond acceptors (Lipinski definition) is 3. The van der Waals surface area contributed by atoms with Gasteiger partial charge in [-0.1, -0.05) is 17.7 Å². The fraction of sp³-hybridized carbons (Fsp3) is 0.312. The highest BCUT2D eigenvalue weighted by Crippen LogP contribution is 2.23. The third-order valence-corrected chi connectivity index (χ3v) is 3.46. The summed E-state index contributed by atoms with van der Waals surface area (Å²) in [6.45, 7) is 4.20. The third kappa shape index (κ3) is 3.12. The number of pyridine rings is 1. The van der Waals surface area contributed by atoms with E-state index in [1.54, 1.807) is 0 Å². The van der Waals surface area contributed by atoms with Crippen LogP contribution in [0.1, 0.15) is 24.2 Å². The summed E-state index contributed by atoms with van der Waals surface area (Å²) in [5, 5.41) is 3.19. The van der Waals surface area contributed by atoms with Crippen molar-refractivity contribution in [1.82, 2.24) is 10.3 Å². The maximum Gasteiger partial charge on any atom is 0.0594 e. The van der Waals surface area contributed by atoms with Gasteiger partial charge in [0.15, 0.2) is 0 Å². The van der Waals surface area contributed by atoms with E-state index < -0.39 is 0 Å². The molecule has 1 aromatic carbocycles. The molecule has 0 aliphatic rings. The Kier molecular flexibility index (Phi) is 4.17. The zero-order valence-corrected chi connectivity index (χ0v) is 12.0. The summed E-state index contributed by atoms with van der Waals surface area (Å²) in [6, 6.07) is 12.9. The van der Waals surface area contributed by atoms with Gasteiger partial charge in [-0.25, -0.2) is 0 Å². The first-order valence-corrected chi connectivity index (χ1v) is 6.55. The Hall–Kier alpha value is -1.87. The van der Waals surface area contributed by atoms with Crippen LogP contribution in [-0.2, 0) is 0 Å². The zero-order chi connectivity index (χ0) is 13.8. The molecule has 2 aromatic rings. The van der Waals surface area contributed by atoms with Crippen LogP contribution in [0.2, 0.25) is 0 Å². The first kappa shape index (κ1) is 13.6. The van der Waals surface area contributed by atoms with Gasteiger partial charge in [-0.2, -0.15) is 0 Å². The molecular formula is C16H21N3. The highest BCUT2D eigenvalue weighted by atomic mass is 15.1. The second-order valence-corrected chi connectivity index (χ2v) is 4.85. The lowest BCUT2D eigenvalue weighted by Crippen LogP contribution is -2.15. The molecule has 0 amide bonds. The lowest BCUT2D eigenvalue weighted by atomic mass is 10.2. The first-order chi connectivity index (χ1) is 9.11. The summed E-state index contributed by atoms with van der Waals surface area (Å²) in [7, 11) is 4.00. The van der Waals surface area contributed by atoms with Gasteiger partial charge in [0.2, 0.25) is 0 Å². The second-order valence-electron chi connectivity index (χ2n) is 4.85. The summed E-state index contributed by atoms with van der Waals surface area (Å²) in [5.41, 5.74) is 4.59. The van der Waals surface area contributed by atoms with Gasteiger partial charge in [0.25, 0.3) is 0 Å². The molecule has 1 aromatic heterocycles. The molecule has 0 fully saturated rings. The van der Waals surface area contributed by atoms with Crippen molar-refractivity contribution in [3.63, 3.8) is 0 Å². The van der Waals surface area contributed by atoms with Gasteiger partial charge in [0, 0.05) is 18.8 Å². The van der Waals surface area contributed by atoms with Crippen LogP contribution in [0.4, 0.5) is 11.4 Å². The van der Waals surface area contributed by atoms with Crippen molar-refractivity contribution in [2.75, 3.05) is 19.0 Å². The summed E-state index contributed by atoms with van der Waals surface area (Å²) >= 11 is 0. The molecule has 0 aliphatic carbocycles. The molecule has 0 aliphatic heterocycles. The van der Waals surface area contributed by atoms with E-state index in [9.17, 15) is 0 Å². The highest BCUT2D eigenvalue weighted by molar-refractivity contribution is 5.61. The SMILES string of the molecule is CNC(C)c1ccc(N(C)c2ccc(C)cc2)cn1. The number of hydrogen-bond donors (Lipinski definition) is 1. The van der Waals surface area contributed by atoms with E-state index >= 15 is 0 Å². The van der Waals surface area contributed by atoms with Crippen molar-refractivity contribution in [2.24, 2.45) is 0 Å². The largest absolute Gasteiger partial charge is 0.343 e. The van der Waals surface area contributed by atoms with E-state index in [1.165, 1.54) is 11.3 Å². The lowest BCUT2D eigenvalue weighted by molar-refractivity contribution is 0.633. The number of rotatable bonds is 4. The molecule has 1 N–H and O–H groups in total. The average Bonchev–Trinajstić information content (AvgIpc) is 2.46. The van der Waals surface area contributed by atoms with Gasteiger partial charge < -0.3 is 10.2 Å². The average molecular weight is 255 g/mol. The maximum absolute atomic E-state index is 4.51. The fourth-order valence-corrected chi connectivity index (χ4v) is 1.92. The molecule has 1 heterocycles. The van der Waals surface area contributed by atoms with Crippen molar-refractivity contribution >= 4 is 11.4 Å². The molecule has 0 bridgehead atoms. The molecule has 0 radical (unpaired) electrons. The Balaban J connectivity index is 2.19. The predicted octanol–water partition coefficient (Wildman–Crippen LogP) is 3.44. The van der Waals surface area contributed by atoms with Crippen LogP contribution < -0.4 is 10.2 Å². The number of aromatic nitrogens is 1. The molecule has 3 heteroatoms. The van der Waals surface area contributed by atoms with Gasteiger partial charge in [-0.3, -0.25) is 4.98 Å². The number of anilines is 2. The van der Waals surface area contributed by atoms with Crippen molar-refractivity contribution < 1.29 is 0 Å². The van der Waals surface area contributed by atoms with Crippen molar-refractivity contribution in [1.29, 1.82) is 0 Å². The van der Waals surface area contributed by atoms with Crippen LogP contribution in [0.5, 0.6) is 0 Å². The Morgan fingerprint density at radius 3 is 2.21 bits per heavy atom. The smallest absolute Gasteiger partial charge is 0.0594 e. The minimum atomic E-state index is 0.277. The Morgan fingerprint density at radius 1 is 1.05 bits per heavy atom. The lowest BCUT2D eigenvalue weighted by Gasteiger charge is -2.20. The number of nitrogens with zero attached hydrogens (tertiary/aromatic N) is 2. The molecule has 1 atom stereocenters. The van der Waals surface area contributed by atoms with Gasteiger partial charge in [-0.15, -0.1) is 0 Å². The molecule has 1 unspecified atom stereocenters. The zero-order valence-electron chi connectivity index (χ0n) is 12.0. The number of nitrogens with one attached hydrogen (secondary N) is 1. The molecule has 2 rings (SSSR count). The van der Waals surface area contributed by atoms with Crippen LogP contribution >= 0.6 is 0 Å². The predicted molar refractivity (Wildman–Crippen MR) is 81.0 cm³/mol.